The van der Waals surface area contributed by atoms with E-state index in [9.17, 15) is 9.59 Å². The van der Waals surface area contributed by atoms with Gasteiger partial charge < -0.3 is 29.2 Å². The van der Waals surface area contributed by atoms with Crippen LogP contribution in [0.1, 0.15) is 31.7 Å². The van der Waals surface area contributed by atoms with E-state index in [1.165, 1.54) is 11.8 Å². The number of benzene rings is 1. The zero-order valence-corrected chi connectivity index (χ0v) is 18.0. The number of rotatable bonds is 7. The average molecular weight is 413 g/mol. The second kappa shape index (κ2) is 9.27. The Morgan fingerprint density at radius 3 is 2.29 bits per heavy atom. The van der Waals surface area contributed by atoms with Crippen molar-refractivity contribution in [3.8, 4) is 17.2 Å². The van der Waals surface area contributed by atoms with E-state index in [0.717, 1.165) is 5.56 Å². The van der Waals surface area contributed by atoms with Gasteiger partial charge in [-0.1, -0.05) is 0 Å². The summed E-state index contributed by atoms with van der Waals surface area (Å²) in [6.45, 7) is 6.06. The number of nitrogens with zero attached hydrogens (tertiary/aromatic N) is 1. The maximum absolute atomic E-state index is 12.4. The Morgan fingerprint density at radius 2 is 1.79 bits per heavy atom. The van der Waals surface area contributed by atoms with Gasteiger partial charge in [0, 0.05) is 13.1 Å². The number of ether oxygens (including phenoxy) is 4. The molecule has 2 rings (SSSR count). The van der Waals surface area contributed by atoms with Gasteiger partial charge in [0.2, 0.25) is 11.7 Å². The summed E-state index contributed by atoms with van der Waals surface area (Å²) < 4.78 is 21.4. The van der Waals surface area contributed by atoms with Crippen LogP contribution in [0.5, 0.6) is 17.2 Å². The highest BCUT2D eigenvalue weighted by molar-refractivity contribution is 8.00. The number of thioether (sulfide) groups is 1. The maximum atomic E-state index is 12.4. The predicted octanol–water partition coefficient (Wildman–Crippen LogP) is 2.81. The van der Waals surface area contributed by atoms with Crippen LogP contribution in [0.25, 0.3) is 0 Å². The van der Waals surface area contributed by atoms with Crippen molar-refractivity contribution >= 4 is 23.8 Å². The predicted molar refractivity (Wildman–Crippen MR) is 107 cm³/mol. The van der Waals surface area contributed by atoms with Crippen LogP contribution >= 0.6 is 11.8 Å². The molecular weight excluding hydrogens is 384 g/mol. The van der Waals surface area contributed by atoms with Crippen LogP contribution in [0.3, 0.4) is 0 Å². The number of amides is 2. The number of hydrogen-bond acceptors (Lipinski definition) is 7. The van der Waals surface area contributed by atoms with Crippen molar-refractivity contribution in [3.05, 3.63) is 17.7 Å². The second-order valence-corrected chi connectivity index (χ2v) is 8.21. The minimum absolute atomic E-state index is 0.00902. The molecule has 0 aliphatic carbocycles. The van der Waals surface area contributed by atoms with E-state index in [1.54, 1.807) is 47.0 Å². The number of carbonyl (C=O) groups is 2. The first-order valence-electron chi connectivity index (χ1n) is 8.88. The molecule has 2 amide bonds. The van der Waals surface area contributed by atoms with Gasteiger partial charge >= 0.3 is 6.09 Å². The molecule has 0 radical (unpaired) electrons. The van der Waals surface area contributed by atoms with Gasteiger partial charge in [-0.25, -0.2) is 4.79 Å². The lowest BCUT2D eigenvalue weighted by Gasteiger charge is -2.26. The van der Waals surface area contributed by atoms with Crippen LogP contribution in [0.2, 0.25) is 0 Å². The fraction of sp³-hybridized carbons (Fsp3) is 0.579. The van der Waals surface area contributed by atoms with Crippen molar-refractivity contribution in [3.63, 3.8) is 0 Å². The molecule has 28 heavy (non-hydrogen) atoms. The summed E-state index contributed by atoms with van der Waals surface area (Å²) in [5, 5.41) is 2.48. The highest BCUT2D eigenvalue weighted by Crippen LogP contribution is 2.45. The van der Waals surface area contributed by atoms with E-state index >= 15 is 0 Å². The summed E-state index contributed by atoms with van der Waals surface area (Å²) in [4.78, 5) is 25.9. The van der Waals surface area contributed by atoms with Crippen LogP contribution in [0.4, 0.5) is 4.79 Å². The summed E-state index contributed by atoms with van der Waals surface area (Å²) in [6, 6.07) is 3.68. The van der Waals surface area contributed by atoms with Crippen molar-refractivity contribution in [1.29, 1.82) is 0 Å². The molecule has 0 saturated carbocycles. The zero-order chi connectivity index (χ0) is 20.9. The Kier molecular flexibility index (Phi) is 7.29. The monoisotopic (exact) mass is 412 g/mol. The minimum Gasteiger partial charge on any atom is -0.493 e. The third-order valence-corrected chi connectivity index (χ3v) is 5.22. The van der Waals surface area contributed by atoms with Crippen LogP contribution < -0.4 is 19.5 Å². The molecular formula is C19H28N2O6S. The van der Waals surface area contributed by atoms with Gasteiger partial charge in [0.1, 0.15) is 11.0 Å². The van der Waals surface area contributed by atoms with Gasteiger partial charge in [-0.3, -0.25) is 4.79 Å². The van der Waals surface area contributed by atoms with Crippen molar-refractivity contribution in [1.82, 2.24) is 10.2 Å². The van der Waals surface area contributed by atoms with E-state index in [1.807, 2.05) is 12.1 Å². The second-order valence-electron chi connectivity index (χ2n) is 7.14. The summed E-state index contributed by atoms with van der Waals surface area (Å²) in [7, 11) is 4.65. The largest absolute Gasteiger partial charge is 0.493 e. The Balaban J connectivity index is 2.12. The Bertz CT molecular complexity index is 694. The number of hydrogen-bond donors (Lipinski definition) is 1. The van der Waals surface area contributed by atoms with Gasteiger partial charge in [0.25, 0.3) is 0 Å². The zero-order valence-electron chi connectivity index (χ0n) is 17.2. The molecule has 1 N–H and O–H groups in total. The first-order chi connectivity index (χ1) is 13.2. The summed E-state index contributed by atoms with van der Waals surface area (Å²) >= 11 is 1.51. The molecule has 0 bridgehead atoms. The molecule has 1 aromatic carbocycles. The number of nitrogens with one attached hydrogen (secondary N) is 1. The molecule has 1 aromatic rings. The fourth-order valence-electron chi connectivity index (χ4n) is 2.81. The summed E-state index contributed by atoms with van der Waals surface area (Å²) in [5.41, 5.74) is 0.296. The van der Waals surface area contributed by atoms with E-state index in [2.05, 4.69) is 5.32 Å². The van der Waals surface area contributed by atoms with E-state index in [-0.39, 0.29) is 11.3 Å². The molecule has 1 aliphatic rings. The molecule has 1 heterocycles. The first kappa shape index (κ1) is 22.0. The maximum Gasteiger partial charge on any atom is 0.407 e. The third kappa shape index (κ3) is 5.37. The normalized spacial score (nSPS) is 16.7. The quantitative estimate of drug-likeness (QED) is 0.737. The SMILES string of the molecule is COc1cc(C2SCC(=O)N2CCNC(=O)OC(C)(C)C)cc(OC)c1OC. The van der Waals surface area contributed by atoms with E-state index < -0.39 is 11.7 Å². The first-order valence-corrected chi connectivity index (χ1v) is 9.93. The van der Waals surface area contributed by atoms with Crippen molar-refractivity contribution in [2.75, 3.05) is 40.2 Å². The lowest BCUT2D eigenvalue weighted by molar-refractivity contribution is -0.128. The molecule has 9 heteroatoms. The number of alkyl carbamates (subject to hydrolysis) is 1. The van der Waals surface area contributed by atoms with Crippen LogP contribution in [-0.2, 0) is 9.53 Å². The van der Waals surface area contributed by atoms with Crippen LogP contribution in [0, 0.1) is 0 Å². The van der Waals surface area contributed by atoms with Crippen molar-refractivity contribution < 1.29 is 28.5 Å². The Labute approximate surface area is 169 Å². The van der Waals surface area contributed by atoms with Crippen LogP contribution in [-0.4, -0.2) is 62.7 Å². The lowest BCUT2D eigenvalue weighted by Crippen LogP contribution is -2.39. The molecule has 1 saturated heterocycles. The average Bonchev–Trinajstić information content (AvgIpc) is 2.99. The minimum atomic E-state index is -0.567. The number of carbonyl (C=O) groups excluding carboxylic acids is 2. The fourth-order valence-corrected chi connectivity index (χ4v) is 4.01. The van der Waals surface area contributed by atoms with Crippen LogP contribution in [0.15, 0.2) is 12.1 Å². The summed E-state index contributed by atoms with van der Waals surface area (Å²) in [6.07, 6.45) is -0.504. The van der Waals surface area contributed by atoms with E-state index in [0.29, 0.717) is 36.1 Å². The highest BCUT2D eigenvalue weighted by atomic mass is 32.2. The molecule has 0 spiro atoms. The standard InChI is InChI=1S/C19H28N2O6S/c1-19(2,3)27-18(23)20-7-8-21-15(22)11-28-17(21)12-9-13(24-4)16(26-6)14(10-12)25-5/h9-10,17H,7-8,11H2,1-6H3,(H,20,23). The Hall–Kier alpha value is -2.29. The summed E-state index contributed by atoms with van der Waals surface area (Å²) in [5.74, 6) is 1.94. The third-order valence-electron chi connectivity index (χ3n) is 3.96. The topological polar surface area (TPSA) is 86.3 Å². The molecule has 1 fully saturated rings. The van der Waals surface area contributed by atoms with Crippen molar-refractivity contribution in [2.45, 2.75) is 31.7 Å². The van der Waals surface area contributed by atoms with Gasteiger partial charge in [0.05, 0.1) is 27.1 Å². The van der Waals surface area contributed by atoms with E-state index in [4.69, 9.17) is 18.9 Å². The molecule has 1 atom stereocenters. The molecule has 0 aromatic heterocycles. The molecule has 8 nitrogen and oxygen atoms in total. The highest BCUT2D eigenvalue weighted by Gasteiger charge is 2.34. The van der Waals surface area contributed by atoms with Gasteiger partial charge in [-0.15, -0.1) is 11.8 Å². The smallest absolute Gasteiger partial charge is 0.407 e. The lowest BCUT2D eigenvalue weighted by atomic mass is 10.1. The van der Waals surface area contributed by atoms with Gasteiger partial charge in [0.15, 0.2) is 11.5 Å². The number of methoxy groups -OCH3 is 3. The Morgan fingerprint density at radius 1 is 1.18 bits per heavy atom. The van der Waals surface area contributed by atoms with Gasteiger partial charge in [-0.05, 0) is 38.5 Å². The molecule has 156 valence electrons. The van der Waals surface area contributed by atoms with Gasteiger partial charge in [-0.2, -0.15) is 0 Å². The molecule has 1 unspecified atom stereocenters. The molecule has 1 aliphatic heterocycles. The van der Waals surface area contributed by atoms with Crippen molar-refractivity contribution in [2.24, 2.45) is 0 Å².